The minimum atomic E-state index is -0.132. The Morgan fingerprint density at radius 2 is 1.80 bits per heavy atom. The lowest BCUT2D eigenvalue weighted by atomic mass is 10.1. The maximum atomic E-state index is 12.7. The number of nitrogens with zero attached hydrogens (tertiary/aromatic N) is 4. The predicted molar refractivity (Wildman–Crippen MR) is 114 cm³/mol. The fourth-order valence-corrected chi connectivity index (χ4v) is 4.00. The molecule has 158 valence electrons. The van der Waals surface area contributed by atoms with E-state index in [0.29, 0.717) is 31.9 Å². The molecule has 2 amide bonds. The van der Waals surface area contributed by atoms with Crippen LogP contribution in [0.15, 0.2) is 48.7 Å². The van der Waals surface area contributed by atoms with E-state index in [1.807, 2.05) is 23.1 Å². The van der Waals surface area contributed by atoms with Crippen molar-refractivity contribution in [3.05, 3.63) is 48.7 Å². The lowest BCUT2D eigenvalue weighted by Crippen LogP contribution is -2.51. The number of aromatic hydroxyl groups is 1. The summed E-state index contributed by atoms with van der Waals surface area (Å²) < 4.78 is 0. The fourth-order valence-electron chi connectivity index (χ4n) is 4.00. The Bertz CT molecular complexity index is 866. The number of benzene rings is 1. The van der Waals surface area contributed by atoms with E-state index in [0.717, 1.165) is 31.9 Å². The van der Waals surface area contributed by atoms with Gasteiger partial charge in [-0.05, 0) is 49.4 Å². The molecule has 3 heterocycles. The van der Waals surface area contributed by atoms with Gasteiger partial charge in [0.05, 0.1) is 12.5 Å². The Morgan fingerprint density at radius 1 is 1.03 bits per heavy atom. The Hall–Kier alpha value is -3.13. The van der Waals surface area contributed by atoms with Gasteiger partial charge in [-0.15, -0.1) is 0 Å². The van der Waals surface area contributed by atoms with Crippen molar-refractivity contribution in [3.63, 3.8) is 0 Å². The molecule has 30 heavy (non-hydrogen) atoms. The molecule has 2 N–H and O–H groups in total. The van der Waals surface area contributed by atoms with Crippen molar-refractivity contribution in [2.24, 2.45) is 5.92 Å². The van der Waals surface area contributed by atoms with E-state index in [4.69, 9.17) is 0 Å². The third-order valence-electron chi connectivity index (χ3n) is 5.74. The summed E-state index contributed by atoms with van der Waals surface area (Å²) in [7, 11) is 0. The molecular formula is C22H27N5O3. The van der Waals surface area contributed by atoms with Crippen LogP contribution in [-0.4, -0.2) is 77.5 Å². The van der Waals surface area contributed by atoms with Crippen molar-refractivity contribution in [2.45, 2.75) is 6.42 Å². The largest absolute Gasteiger partial charge is 0.508 e. The van der Waals surface area contributed by atoms with Gasteiger partial charge in [-0.3, -0.25) is 14.5 Å². The summed E-state index contributed by atoms with van der Waals surface area (Å²) >= 11 is 0. The number of likely N-dealkylation sites (tertiary alicyclic amines) is 1. The highest BCUT2D eigenvalue weighted by atomic mass is 16.3. The summed E-state index contributed by atoms with van der Waals surface area (Å²) in [6.07, 6.45) is 2.53. The van der Waals surface area contributed by atoms with E-state index in [1.165, 1.54) is 0 Å². The van der Waals surface area contributed by atoms with Gasteiger partial charge in [0.15, 0.2) is 0 Å². The van der Waals surface area contributed by atoms with Crippen molar-refractivity contribution in [2.75, 3.05) is 56.0 Å². The predicted octanol–water partition coefficient (Wildman–Crippen LogP) is 1.40. The monoisotopic (exact) mass is 409 g/mol. The summed E-state index contributed by atoms with van der Waals surface area (Å²) in [5, 5.41) is 12.2. The van der Waals surface area contributed by atoms with Crippen LogP contribution in [0.5, 0.6) is 5.75 Å². The van der Waals surface area contributed by atoms with Crippen LogP contribution in [0.25, 0.3) is 0 Å². The molecule has 0 bridgehead atoms. The van der Waals surface area contributed by atoms with Crippen LogP contribution < -0.4 is 10.2 Å². The third kappa shape index (κ3) is 4.88. The number of anilines is 2. The van der Waals surface area contributed by atoms with Gasteiger partial charge in [0, 0.05) is 44.6 Å². The zero-order chi connectivity index (χ0) is 20.9. The number of hydrogen-bond donors (Lipinski definition) is 2. The molecule has 1 aromatic heterocycles. The van der Waals surface area contributed by atoms with E-state index in [9.17, 15) is 14.7 Å². The van der Waals surface area contributed by atoms with Crippen molar-refractivity contribution in [3.8, 4) is 5.75 Å². The average Bonchev–Trinajstić information content (AvgIpc) is 3.25. The zero-order valence-corrected chi connectivity index (χ0v) is 16.9. The first-order chi connectivity index (χ1) is 14.6. The van der Waals surface area contributed by atoms with Crippen molar-refractivity contribution >= 4 is 23.3 Å². The van der Waals surface area contributed by atoms with Crippen LogP contribution in [0.1, 0.15) is 6.42 Å². The van der Waals surface area contributed by atoms with Crippen LogP contribution in [-0.2, 0) is 9.59 Å². The number of hydrogen-bond acceptors (Lipinski definition) is 6. The first kappa shape index (κ1) is 20.2. The first-order valence-corrected chi connectivity index (χ1v) is 10.3. The van der Waals surface area contributed by atoms with Crippen LogP contribution in [0.3, 0.4) is 0 Å². The highest BCUT2D eigenvalue weighted by molar-refractivity contribution is 5.93. The number of phenols is 1. The third-order valence-corrected chi connectivity index (χ3v) is 5.74. The smallest absolute Gasteiger partial charge is 0.236 e. The van der Waals surface area contributed by atoms with Crippen molar-refractivity contribution in [1.29, 1.82) is 0 Å². The fraction of sp³-hybridized carbons (Fsp3) is 0.409. The highest BCUT2D eigenvalue weighted by Crippen LogP contribution is 2.20. The second kappa shape index (κ2) is 9.13. The lowest BCUT2D eigenvalue weighted by molar-refractivity contribution is -0.132. The van der Waals surface area contributed by atoms with Crippen LogP contribution >= 0.6 is 0 Å². The number of pyridine rings is 1. The number of carbonyl (C=O) groups is 2. The Kier molecular flexibility index (Phi) is 6.13. The molecule has 1 aromatic carbocycles. The second-order valence-corrected chi connectivity index (χ2v) is 7.81. The maximum Gasteiger partial charge on any atom is 0.236 e. The summed E-state index contributed by atoms with van der Waals surface area (Å²) in [5.41, 5.74) is 0.665. The molecule has 0 spiro atoms. The molecular weight excluding hydrogens is 382 g/mol. The molecule has 8 heteroatoms. The van der Waals surface area contributed by atoms with Gasteiger partial charge in [-0.2, -0.15) is 0 Å². The van der Waals surface area contributed by atoms with E-state index in [2.05, 4.69) is 20.1 Å². The summed E-state index contributed by atoms with van der Waals surface area (Å²) in [6, 6.07) is 12.3. The minimum absolute atomic E-state index is 0.0420. The SMILES string of the molecule is O=C(Nc1ccc(O)cc1)C1CCN(CC(=O)N2CCN(c3ccccn3)CC2)C1. The first-order valence-electron chi connectivity index (χ1n) is 10.3. The molecule has 2 aliphatic heterocycles. The van der Waals surface area contributed by atoms with Gasteiger partial charge in [0.25, 0.3) is 0 Å². The minimum Gasteiger partial charge on any atom is -0.508 e. The number of aromatic nitrogens is 1. The number of rotatable bonds is 5. The van der Waals surface area contributed by atoms with Gasteiger partial charge < -0.3 is 20.2 Å². The molecule has 2 fully saturated rings. The Morgan fingerprint density at radius 3 is 2.50 bits per heavy atom. The highest BCUT2D eigenvalue weighted by Gasteiger charge is 2.31. The second-order valence-electron chi connectivity index (χ2n) is 7.81. The molecule has 2 aromatic rings. The number of piperazine rings is 1. The molecule has 0 aliphatic carbocycles. The van der Waals surface area contributed by atoms with Crippen molar-refractivity contribution < 1.29 is 14.7 Å². The van der Waals surface area contributed by atoms with E-state index in [-0.39, 0.29) is 23.5 Å². The van der Waals surface area contributed by atoms with Crippen LogP contribution in [0, 0.1) is 5.92 Å². The molecule has 4 rings (SSSR count). The summed E-state index contributed by atoms with van der Waals surface area (Å²) in [6.45, 7) is 4.62. The molecule has 2 saturated heterocycles. The molecule has 0 saturated carbocycles. The standard InChI is InChI=1S/C22H27N5O3/c28-19-6-4-18(5-7-19)24-22(30)17-8-10-25(15-17)16-21(29)27-13-11-26(12-14-27)20-3-1-2-9-23-20/h1-7,9,17,28H,8,10-16H2,(H,24,30). The molecule has 0 radical (unpaired) electrons. The average molecular weight is 409 g/mol. The topological polar surface area (TPSA) is 89.0 Å². The van der Waals surface area contributed by atoms with Crippen LogP contribution in [0.4, 0.5) is 11.5 Å². The number of nitrogens with one attached hydrogen (secondary N) is 1. The quantitative estimate of drug-likeness (QED) is 0.726. The Labute approximate surface area is 176 Å². The summed E-state index contributed by atoms with van der Waals surface area (Å²) in [5.74, 6) is 1.06. The summed E-state index contributed by atoms with van der Waals surface area (Å²) in [4.78, 5) is 35.8. The molecule has 1 atom stereocenters. The molecule has 8 nitrogen and oxygen atoms in total. The number of carbonyl (C=O) groups excluding carboxylic acids is 2. The van der Waals surface area contributed by atoms with Gasteiger partial charge in [0.1, 0.15) is 11.6 Å². The maximum absolute atomic E-state index is 12.7. The van der Waals surface area contributed by atoms with E-state index in [1.54, 1.807) is 30.5 Å². The number of phenolic OH excluding ortho intramolecular Hbond substituents is 1. The lowest BCUT2D eigenvalue weighted by Gasteiger charge is -2.36. The van der Waals surface area contributed by atoms with Gasteiger partial charge in [-0.1, -0.05) is 6.07 Å². The molecule has 1 unspecified atom stereocenters. The normalized spacial score (nSPS) is 19.7. The van der Waals surface area contributed by atoms with E-state index < -0.39 is 0 Å². The Balaban J connectivity index is 1.22. The zero-order valence-electron chi connectivity index (χ0n) is 16.9. The molecule has 2 aliphatic rings. The van der Waals surface area contributed by atoms with Gasteiger partial charge >= 0.3 is 0 Å². The van der Waals surface area contributed by atoms with Crippen molar-refractivity contribution in [1.82, 2.24) is 14.8 Å². The number of amides is 2. The van der Waals surface area contributed by atoms with Crippen LogP contribution in [0.2, 0.25) is 0 Å². The van der Waals surface area contributed by atoms with Gasteiger partial charge in [0.2, 0.25) is 11.8 Å². The van der Waals surface area contributed by atoms with Gasteiger partial charge in [-0.25, -0.2) is 4.98 Å². The van der Waals surface area contributed by atoms with E-state index >= 15 is 0 Å².